The first-order chi connectivity index (χ1) is 11.5. The summed E-state index contributed by atoms with van der Waals surface area (Å²) in [6, 6.07) is 2.43. The molecule has 126 valence electrons. The number of anilines is 1. The van der Waals surface area contributed by atoms with E-state index in [4.69, 9.17) is 0 Å². The Balaban J connectivity index is 1.74. The molecule has 9 heteroatoms. The summed E-state index contributed by atoms with van der Waals surface area (Å²) < 4.78 is 1.77. The normalized spacial score (nSPS) is 16.3. The van der Waals surface area contributed by atoms with Gasteiger partial charge in [0, 0.05) is 18.2 Å². The molecule has 3 rings (SSSR count). The zero-order chi connectivity index (χ0) is 17.3. The lowest BCUT2D eigenvalue weighted by Crippen LogP contribution is -2.36. The van der Waals surface area contributed by atoms with Gasteiger partial charge in [0.2, 0.25) is 0 Å². The molecule has 2 aromatic rings. The van der Waals surface area contributed by atoms with Crippen LogP contribution in [0.2, 0.25) is 0 Å². The molecule has 0 radical (unpaired) electrons. The molecule has 2 N–H and O–H groups in total. The highest BCUT2D eigenvalue weighted by Gasteiger charge is 2.24. The van der Waals surface area contributed by atoms with Crippen molar-refractivity contribution in [2.75, 3.05) is 5.32 Å². The van der Waals surface area contributed by atoms with Gasteiger partial charge in [-0.25, -0.2) is 14.5 Å². The van der Waals surface area contributed by atoms with Gasteiger partial charge < -0.3 is 10.6 Å². The van der Waals surface area contributed by atoms with E-state index in [0.29, 0.717) is 11.3 Å². The number of nitrogens with zero attached hydrogens (tertiary/aromatic N) is 4. The maximum atomic E-state index is 12.3. The van der Waals surface area contributed by atoms with Gasteiger partial charge in [-0.1, -0.05) is 0 Å². The van der Waals surface area contributed by atoms with Crippen LogP contribution in [0.15, 0.2) is 18.5 Å². The molecule has 0 unspecified atom stereocenters. The summed E-state index contributed by atoms with van der Waals surface area (Å²) in [5, 5.41) is 20.7. The van der Waals surface area contributed by atoms with Crippen LogP contribution in [0.5, 0.6) is 0 Å². The average molecular weight is 330 g/mol. The minimum Gasteiger partial charge on any atom is -0.328 e. The Kier molecular flexibility index (Phi) is 4.15. The van der Waals surface area contributed by atoms with E-state index in [2.05, 4.69) is 20.7 Å². The van der Waals surface area contributed by atoms with Crippen LogP contribution in [0.25, 0.3) is 0 Å². The number of aromatic nitrogens is 3. The molecule has 1 aromatic heterocycles. The first kappa shape index (κ1) is 15.9. The Hall–Kier alpha value is -2.97. The van der Waals surface area contributed by atoms with Crippen molar-refractivity contribution in [2.24, 2.45) is 0 Å². The molecule has 2 heterocycles. The first-order valence-electron chi connectivity index (χ1n) is 7.66. The summed E-state index contributed by atoms with van der Waals surface area (Å²) in [6.45, 7) is 4.26. The van der Waals surface area contributed by atoms with Crippen LogP contribution in [0.1, 0.15) is 35.8 Å². The van der Waals surface area contributed by atoms with Crippen LogP contribution in [-0.4, -0.2) is 25.7 Å². The molecule has 1 aliphatic rings. The van der Waals surface area contributed by atoms with Gasteiger partial charge in [0.25, 0.3) is 5.69 Å². The SMILES string of the molecule is Cc1cc(C)c([N+](=O)[O-])cc1NC(=O)N[C@@H]1CCCn2ncnc21. The Morgan fingerprint density at radius 1 is 1.38 bits per heavy atom. The molecule has 9 nitrogen and oxygen atoms in total. The predicted octanol–water partition coefficient (Wildman–Crippen LogP) is 2.46. The van der Waals surface area contributed by atoms with Gasteiger partial charge in [0.05, 0.1) is 16.7 Å². The molecule has 0 saturated carbocycles. The number of aryl methyl sites for hydroxylation is 3. The van der Waals surface area contributed by atoms with Crippen molar-refractivity contribution in [3.8, 4) is 0 Å². The quantitative estimate of drug-likeness (QED) is 0.662. The molecule has 0 saturated heterocycles. The number of carbonyl (C=O) groups is 1. The third-order valence-electron chi connectivity index (χ3n) is 4.11. The van der Waals surface area contributed by atoms with Crippen LogP contribution in [0.4, 0.5) is 16.2 Å². The largest absolute Gasteiger partial charge is 0.328 e. The predicted molar refractivity (Wildman–Crippen MR) is 86.7 cm³/mol. The molecule has 1 aromatic carbocycles. The van der Waals surface area contributed by atoms with Gasteiger partial charge >= 0.3 is 6.03 Å². The van der Waals surface area contributed by atoms with Gasteiger partial charge in [0.15, 0.2) is 0 Å². The van der Waals surface area contributed by atoms with E-state index in [1.807, 2.05) is 0 Å². The Labute approximate surface area is 138 Å². The highest BCUT2D eigenvalue weighted by atomic mass is 16.6. The van der Waals surface area contributed by atoms with Crippen molar-refractivity contribution < 1.29 is 9.72 Å². The molecule has 2 amide bonds. The molecule has 1 aliphatic heterocycles. The van der Waals surface area contributed by atoms with Crippen molar-refractivity contribution in [1.82, 2.24) is 20.1 Å². The van der Waals surface area contributed by atoms with Crippen LogP contribution in [0, 0.1) is 24.0 Å². The van der Waals surface area contributed by atoms with E-state index in [1.54, 1.807) is 24.6 Å². The molecule has 24 heavy (non-hydrogen) atoms. The summed E-state index contributed by atoms with van der Waals surface area (Å²) in [7, 11) is 0. The fourth-order valence-corrected chi connectivity index (χ4v) is 2.92. The lowest BCUT2D eigenvalue weighted by Gasteiger charge is -2.23. The number of rotatable bonds is 3. The van der Waals surface area contributed by atoms with Crippen LogP contribution in [0.3, 0.4) is 0 Å². The van der Waals surface area contributed by atoms with E-state index >= 15 is 0 Å². The third kappa shape index (κ3) is 3.05. The second kappa shape index (κ2) is 6.26. The fourth-order valence-electron chi connectivity index (χ4n) is 2.92. The lowest BCUT2D eigenvalue weighted by molar-refractivity contribution is -0.385. The van der Waals surface area contributed by atoms with Gasteiger partial charge in [-0.3, -0.25) is 10.1 Å². The van der Waals surface area contributed by atoms with E-state index in [-0.39, 0.29) is 11.7 Å². The van der Waals surface area contributed by atoms with Crippen molar-refractivity contribution >= 4 is 17.4 Å². The number of urea groups is 1. The number of fused-ring (bicyclic) bond motifs is 1. The average Bonchev–Trinajstić information content (AvgIpc) is 2.99. The molecular weight excluding hydrogens is 312 g/mol. The highest BCUT2D eigenvalue weighted by Crippen LogP contribution is 2.27. The summed E-state index contributed by atoms with van der Waals surface area (Å²) in [5.41, 5.74) is 1.72. The smallest absolute Gasteiger partial charge is 0.319 e. The van der Waals surface area contributed by atoms with E-state index in [0.717, 1.165) is 30.8 Å². The van der Waals surface area contributed by atoms with Gasteiger partial charge in [-0.2, -0.15) is 5.10 Å². The Morgan fingerprint density at radius 2 is 2.17 bits per heavy atom. The van der Waals surface area contributed by atoms with Crippen LogP contribution in [-0.2, 0) is 6.54 Å². The summed E-state index contributed by atoms with van der Waals surface area (Å²) >= 11 is 0. The number of benzene rings is 1. The number of nitrogens with one attached hydrogen (secondary N) is 2. The monoisotopic (exact) mass is 330 g/mol. The topological polar surface area (TPSA) is 115 Å². The molecule has 1 atom stereocenters. The molecule has 0 spiro atoms. The molecule has 0 fully saturated rings. The van der Waals surface area contributed by atoms with E-state index in [9.17, 15) is 14.9 Å². The minimum absolute atomic E-state index is 0.0201. The molecule has 0 aliphatic carbocycles. The Bertz CT molecular complexity index is 801. The number of carbonyl (C=O) groups excluding carboxylic acids is 1. The van der Waals surface area contributed by atoms with Crippen molar-refractivity contribution in [3.05, 3.63) is 45.5 Å². The van der Waals surface area contributed by atoms with E-state index in [1.165, 1.54) is 12.4 Å². The Morgan fingerprint density at radius 3 is 2.92 bits per heavy atom. The second-order valence-electron chi connectivity index (χ2n) is 5.85. The van der Waals surface area contributed by atoms with Gasteiger partial charge in [0.1, 0.15) is 12.2 Å². The van der Waals surface area contributed by atoms with Gasteiger partial charge in [-0.15, -0.1) is 0 Å². The van der Waals surface area contributed by atoms with Crippen LogP contribution < -0.4 is 10.6 Å². The number of amides is 2. The fraction of sp³-hybridized carbons (Fsp3) is 0.400. The van der Waals surface area contributed by atoms with Gasteiger partial charge in [-0.05, 0) is 38.3 Å². The zero-order valence-electron chi connectivity index (χ0n) is 13.4. The van der Waals surface area contributed by atoms with Crippen molar-refractivity contribution in [2.45, 2.75) is 39.3 Å². The second-order valence-corrected chi connectivity index (χ2v) is 5.85. The number of hydrogen-bond donors (Lipinski definition) is 2. The maximum Gasteiger partial charge on any atom is 0.319 e. The highest BCUT2D eigenvalue weighted by molar-refractivity contribution is 5.90. The summed E-state index contributed by atoms with van der Waals surface area (Å²) in [4.78, 5) is 27.1. The number of nitro groups is 1. The molecular formula is C15H18N6O3. The van der Waals surface area contributed by atoms with E-state index < -0.39 is 11.0 Å². The summed E-state index contributed by atoms with van der Waals surface area (Å²) in [5.74, 6) is 0.725. The number of nitro benzene ring substituents is 1. The third-order valence-corrected chi connectivity index (χ3v) is 4.11. The number of hydrogen-bond acceptors (Lipinski definition) is 5. The maximum absolute atomic E-state index is 12.3. The lowest BCUT2D eigenvalue weighted by atomic mass is 10.1. The summed E-state index contributed by atoms with van der Waals surface area (Å²) in [6.07, 6.45) is 3.15. The standard InChI is InChI=1S/C15H18N6O3/c1-9-6-10(2)13(21(23)24)7-12(9)19-15(22)18-11-4-3-5-20-14(11)16-8-17-20/h6-8,11H,3-5H2,1-2H3,(H2,18,19,22)/t11-/m1/s1. The van der Waals surface area contributed by atoms with Crippen molar-refractivity contribution in [1.29, 1.82) is 0 Å². The minimum atomic E-state index is -0.457. The first-order valence-corrected chi connectivity index (χ1v) is 7.66. The van der Waals surface area contributed by atoms with Crippen molar-refractivity contribution in [3.63, 3.8) is 0 Å². The molecule has 0 bridgehead atoms. The van der Waals surface area contributed by atoms with Crippen LogP contribution >= 0.6 is 0 Å². The zero-order valence-corrected chi connectivity index (χ0v) is 13.4.